The predicted molar refractivity (Wildman–Crippen MR) is 87.7 cm³/mol. The molecule has 0 aliphatic rings. The van der Waals surface area contributed by atoms with Crippen molar-refractivity contribution >= 4 is 5.69 Å². The van der Waals surface area contributed by atoms with Gasteiger partial charge in [0.1, 0.15) is 5.75 Å². The number of ether oxygens (including phenoxy) is 1. The van der Waals surface area contributed by atoms with Gasteiger partial charge in [0.25, 0.3) is 0 Å². The Labute approximate surface area is 124 Å². The molecule has 114 valence electrons. The van der Waals surface area contributed by atoms with Crippen LogP contribution in [0.1, 0.15) is 40.0 Å². The van der Waals surface area contributed by atoms with Crippen molar-refractivity contribution in [1.82, 2.24) is 4.90 Å². The molecule has 20 heavy (non-hydrogen) atoms. The Morgan fingerprint density at radius 1 is 1.10 bits per heavy atom. The maximum Gasteiger partial charge on any atom is 0.121 e. The minimum Gasteiger partial charge on any atom is -0.493 e. The van der Waals surface area contributed by atoms with Crippen molar-refractivity contribution in [2.75, 3.05) is 38.1 Å². The van der Waals surface area contributed by atoms with E-state index in [1.807, 2.05) is 12.1 Å². The first-order valence-electron chi connectivity index (χ1n) is 7.99. The zero-order valence-corrected chi connectivity index (χ0v) is 13.3. The lowest BCUT2D eigenvalue weighted by molar-refractivity contribution is 0.249. The fourth-order valence-corrected chi connectivity index (χ4v) is 2.12. The molecule has 0 bridgehead atoms. The van der Waals surface area contributed by atoms with Gasteiger partial charge in [0.05, 0.1) is 6.61 Å². The highest BCUT2D eigenvalue weighted by Crippen LogP contribution is 2.17. The van der Waals surface area contributed by atoms with E-state index >= 15 is 0 Å². The van der Waals surface area contributed by atoms with Crippen LogP contribution in [0.3, 0.4) is 0 Å². The summed E-state index contributed by atoms with van der Waals surface area (Å²) in [7, 11) is 0. The Balaban J connectivity index is 2.27. The van der Waals surface area contributed by atoms with Gasteiger partial charge in [-0.3, -0.25) is 0 Å². The molecule has 3 nitrogen and oxygen atoms in total. The standard InChI is InChI=1S/C17H30N2O/c1-4-7-12-18-16-10-8-11-17(15-16)20-14-9-13-19(5-2)6-3/h8,10-11,15,18H,4-7,9,12-14H2,1-3H3. The van der Waals surface area contributed by atoms with E-state index in [1.165, 1.54) is 12.8 Å². The summed E-state index contributed by atoms with van der Waals surface area (Å²) in [5, 5.41) is 3.42. The van der Waals surface area contributed by atoms with Crippen LogP contribution in [0.15, 0.2) is 24.3 Å². The first-order chi connectivity index (χ1) is 9.80. The van der Waals surface area contributed by atoms with Gasteiger partial charge in [-0.15, -0.1) is 0 Å². The van der Waals surface area contributed by atoms with E-state index in [4.69, 9.17) is 4.74 Å². The maximum atomic E-state index is 5.83. The van der Waals surface area contributed by atoms with Gasteiger partial charge in [-0.05, 0) is 38.1 Å². The molecule has 1 aromatic carbocycles. The van der Waals surface area contributed by atoms with Gasteiger partial charge in [0.2, 0.25) is 0 Å². The van der Waals surface area contributed by atoms with Crippen molar-refractivity contribution in [3.8, 4) is 5.75 Å². The Kier molecular flexibility index (Phi) is 8.88. The van der Waals surface area contributed by atoms with E-state index in [9.17, 15) is 0 Å². The minimum atomic E-state index is 0.787. The highest BCUT2D eigenvalue weighted by atomic mass is 16.5. The Morgan fingerprint density at radius 3 is 2.60 bits per heavy atom. The lowest BCUT2D eigenvalue weighted by Gasteiger charge is -2.17. The van der Waals surface area contributed by atoms with Crippen LogP contribution in [-0.4, -0.2) is 37.7 Å². The van der Waals surface area contributed by atoms with Crippen molar-refractivity contribution in [3.63, 3.8) is 0 Å². The predicted octanol–water partition coefficient (Wildman–Crippen LogP) is 4.01. The van der Waals surface area contributed by atoms with E-state index in [1.54, 1.807) is 0 Å². The molecule has 1 rings (SSSR count). The normalized spacial score (nSPS) is 10.8. The van der Waals surface area contributed by atoms with E-state index in [2.05, 4.69) is 43.1 Å². The Hall–Kier alpha value is -1.22. The summed E-state index contributed by atoms with van der Waals surface area (Å²) in [5.74, 6) is 0.964. The number of nitrogens with zero attached hydrogens (tertiary/aromatic N) is 1. The SMILES string of the molecule is CCCCNc1cccc(OCCCN(CC)CC)c1. The number of hydrogen-bond acceptors (Lipinski definition) is 3. The first-order valence-corrected chi connectivity index (χ1v) is 7.99. The molecule has 0 heterocycles. The van der Waals surface area contributed by atoms with Gasteiger partial charge >= 0.3 is 0 Å². The lowest BCUT2D eigenvalue weighted by atomic mass is 10.3. The first kappa shape index (κ1) is 16.8. The van der Waals surface area contributed by atoms with Crippen molar-refractivity contribution in [2.24, 2.45) is 0 Å². The molecule has 0 aliphatic heterocycles. The van der Waals surface area contributed by atoms with Gasteiger partial charge in [-0.1, -0.05) is 33.3 Å². The third-order valence-corrected chi connectivity index (χ3v) is 3.48. The molecular weight excluding hydrogens is 248 g/mol. The van der Waals surface area contributed by atoms with E-state index < -0.39 is 0 Å². The highest BCUT2D eigenvalue weighted by Gasteiger charge is 2.00. The number of anilines is 1. The molecule has 0 aliphatic carbocycles. The van der Waals surface area contributed by atoms with Crippen molar-refractivity contribution in [1.29, 1.82) is 0 Å². The lowest BCUT2D eigenvalue weighted by Crippen LogP contribution is -2.25. The van der Waals surface area contributed by atoms with Gasteiger partial charge in [0, 0.05) is 24.8 Å². The number of hydrogen-bond donors (Lipinski definition) is 1. The average Bonchev–Trinajstić information content (AvgIpc) is 2.48. The molecule has 0 atom stereocenters. The summed E-state index contributed by atoms with van der Waals surface area (Å²) in [4.78, 5) is 2.42. The van der Waals surface area contributed by atoms with Crippen LogP contribution in [0.5, 0.6) is 5.75 Å². The third-order valence-electron chi connectivity index (χ3n) is 3.48. The Morgan fingerprint density at radius 2 is 1.90 bits per heavy atom. The Bertz CT molecular complexity index is 351. The van der Waals surface area contributed by atoms with E-state index in [0.29, 0.717) is 0 Å². The smallest absolute Gasteiger partial charge is 0.121 e. The monoisotopic (exact) mass is 278 g/mol. The maximum absolute atomic E-state index is 5.83. The molecule has 0 aromatic heterocycles. The molecule has 0 fully saturated rings. The molecular formula is C17H30N2O. The van der Waals surface area contributed by atoms with Crippen LogP contribution < -0.4 is 10.1 Å². The zero-order chi connectivity index (χ0) is 14.6. The molecule has 1 N–H and O–H groups in total. The van der Waals surface area contributed by atoms with Crippen LogP contribution in [0.2, 0.25) is 0 Å². The van der Waals surface area contributed by atoms with Crippen LogP contribution in [0, 0.1) is 0 Å². The van der Waals surface area contributed by atoms with Crippen LogP contribution in [-0.2, 0) is 0 Å². The largest absolute Gasteiger partial charge is 0.493 e. The van der Waals surface area contributed by atoms with Crippen molar-refractivity contribution < 1.29 is 4.74 Å². The number of benzene rings is 1. The third kappa shape index (κ3) is 6.80. The van der Waals surface area contributed by atoms with Crippen LogP contribution in [0.4, 0.5) is 5.69 Å². The second kappa shape index (κ2) is 10.6. The van der Waals surface area contributed by atoms with Crippen LogP contribution in [0.25, 0.3) is 0 Å². The van der Waals surface area contributed by atoms with Crippen LogP contribution >= 0.6 is 0 Å². The number of unbranched alkanes of at least 4 members (excludes halogenated alkanes) is 1. The molecule has 1 aromatic rings. The fraction of sp³-hybridized carbons (Fsp3) is 0.647. The number of nitrogens with one attached hydrogen (secondary N) is 1. The highest BCUT2D eigenvalue weighted by molar-refractivity contribution is 5.48. The van der Waals surface area contributed by atoms with E-state index in [0.717, 1.165) is 50.6 Å². The molecule has 0 amide bonds. The van der Waals surface area contributed by atoms with Gasteiger partial charge in [-0.2, -0.15) is 0 Å². The molecule has 0 unspecified atom stereocenters. The van der Waals surface area contributed by atoms with E-state index in [-0.39, 0.29) is 0 Å². The second-order valence-corrected chi connectivity index (χ2v) is 5.04. The summed E-state index contributed by atoms with van der Waals surface area (Å²) in [5.41, 5.74) is 1.15. The summed E-state index contributed by atoms with van der Waals surface area (Å²) in [6.45, 7) is 11.8. The average molecular weight is 278 g/mol. The van der Waals surface area contributed by atoms with Crippen molar-refractivity contribution in [2.45, 2.75) is 40.0 Å². The molecule has 0 spiro atoms. The molecule has 0 saturated carbocycles. The van der Waals surface area contributed by atoms with Gasteiger partial charge < -0.3 is 15.0 Å². The summed E-state index contributed by atoms with van der Waals surface area (Å²) in [6, 6.07) is 8.27. The molecule has 0 radical (unpaired) electrons. The number of rotatable bonds is 11. The molecule has 3 heteroatoms. The molecule has 0 saturated heterocycles. The quantitative estimate of drug-likeness (QED) is 0.619. The van der Waals surface area contributed by atoms with Crippen molar-refractivity contribution in [3.05, 3.63) is 24.3 Å². The zero-order valence-electron chi connectivity index (χ0n) is 13.3. The van der Waals surface area contributed by atoms with Gasteiger partial charge in [-0.25, -0.2) is 0 Å². The summed E-state index contributed by atoms with van der Waals surface area (Å²) < 4.78 is 5.83. The minimum absolute atomic E-state index is 0.787. The fourth-order valence-electron chi connectivity index (χ4n) is 2.12. The van der Waals surface area contributed by atoms with Gasteiger partial charge in [0.15, 0.2) is 0 Å². The summed E-state index contributed by atoms with van der Waals surface area (Å²) in [6.07, 6.45) is 3.50. The topological polar surface area (TPSA) is 24.5 Å². The second-order valence-electron chi connectivity index (χ2n) is 5.04. The summed E-state index contributed by atoms with van der Waals surface area (Å²) >= 11 is 0.